The molecule has 10 nitrogen and oxygen atoms in total. The van der Waals surface area contributed by atoms with E-state index in [1.165, 1.54) is 31.3 Å². The van der Waals surface area contributed by atoms with Gasteiger partial charge in [0.05, 0.1) is 31.4 Å². The van der Waals surface area contributed by atoms with E-state index < -0.39 is 29.7 Å². The van der Waals surface area contributed by atoms with Gasteiger partial charge in [0.15, 0.2) is 0 Å². The molecule has 3 rings (SSSR count). The second-order valence-electron chi connectivity index (χ2n) is 8.53. The first-order valence-electron chi connectivity index (χ1n) is 10.9. The van der Waals surface area contributed by atoms with E-state index >= 15 is 0 Å². The summed E-state index contributed by atoms with van der Waals surface area (Å²) in [7, 11) is 6.21. The number of likely N-dealkylation sites (tertiary alicyclic amines) is 1. The Morgan fingerprint density at radius 2 is 1.66 bits per heavy atom. The van der Waals surface area contributed by atoms with E-state index in [2.05, 4.69) is 4.98 Å². The van der Waals surface area contributed by atoms with E-state index in [4.69, 9.17) is 9.47 Å². The summed E-state index contributed by atoms with van der Waals surface area (Å²) in [5, 5.41) is 11.4. The molecular weight excluding hydrogens is 454 g/mol. The Hall–Kier alpha value is -3.92. The quantitative estimate of drug-likeness (QED) is 0.265. The number of rotatable bonds is 7. The number of aromatic nitrogens is 1. The molecule has 1 aromatic carbocycles. The number of likely N-dealkylation sites (N-methyl/N-ethyl adjacent to an activating group) is 1. The minimum Gasteiger partial charge on any atom is -0.507 e. The summed E-state index contributed by atoms with van der Waals surface area (Å²) >= 11 is 0. The second kappa shape index (κ2) is 10.1. The van der Waals surface area contributed by atoms with Crippen LogP contribution in [0.3, 0.4) is 0 Å². The molecule has 10 heteroatoms. The second-order valence-corrected chi connectivity index (χ2v) is 8.53. The number of esters is 2. The lowest BCUT2D eigenvalue weighted by atomic mass is 9.93. The van der Waals surface area contributed by atoms with Crippen molar-refractivity contribution in [2.24, 2.45) is 0 Å². The van der Waals surface area contributed by atoms with Gasteiger partial charge in [0.2, 0.25) is 0 Å². The Morgan fingerprint density at radius 3 is 2.20 bits per heavy atom. The number of methoxy groups -OCH3 is 2. The van der Waals surface area contributed by atoms with Crippen molar-refractivity contribution in [3.63, 3.8) is 0 Å². The highest BCUT2D eigenvalue weighted by Gasteiger charge is 2.46. The molecule has 0 bridgehead atoms. The number of nitrogens with one attached hydrogen (secondary N) is 1. The third kappa shape index (κ3) is 4.69. The van der Waals surface area contributed by atoms with Gasteiger partial charge in [0.25, 0.3) is 11.7 Å². The lowest BCUT2D eigenvalue weighted by Gasteiger charge is -2.26. The van der Waals surface area contributed by atoms with Crippen molar-refractivity contribution in [3.05, 3.63) is 63.5 Å². The van der Waals surface area contributed by atoms with Crippen molar-refractivity contribution < 1.29 is 33.8 Å². The Kier molecular flexibility index (Phi) is 7.45. The molecule has 0 spiro atoms. The molecular formula is C25H29N3O7. The summed E-state index contributed by atoms with van der Waals surface area (Å²) in [6.45, 7) is 3.98. The zero-order chi connectivity index (χ0) is 26.0. The summed E-state index contributed by atoms with van der Waals surface area (Å²) in [6.07, 6.45) is 0. The van der Waals surface area contributed by atoms with Crippen molar-refractivity contribution in [2.45, 2.75) is 19.9 Å². The van der Waals surface area contributed by atoms with Gasteiger partial charge in [-0.25, -0.2) is 9.59 Å². The van der Waals surface area contributed by atoms with Crippen LogP contribution >= 0.6 is 0 Å². The SMILES string of the molecule is COC(=O)c1ccc([C@@H]2/C(=C(\O)c3c(C)[nH]c(C(=O)OC)c3C)C(=O)C(=O)N2CCN(C)C)cc1. The third-order valence-corrected chi connectivity index (χ3v) is 6.04. The van der Waals surface area contributed by atoms with Crippen LogP contribution < -0.4 is 0 Å². The lowest BCUT2D eigenvalue weighted by Crippen LogP contribution is -2.35. The number of ether oxygens (including phenoxy) is 2. The number of benzene rings is 1. The van der Waals surface area contributed by atoms with Crippen molar-refractivity contribution in [3.8, 4) is 0 Å². The van der Waals surface area contributed by atoms with Gasteiger partial charge in [-0.05, 0) is 51.2 Å². The van der Waals surface area contributed by atoms with Crippen LogP contribution in [0.4, 0.5) is 0 Å². The molecule has 186 valence electrons. The first-order valence-corrected chi connectivity index (χ1v) is 10.9. The standard InChI is InChI=1S/C25H29N3O7/c1-13-17(14(2)26-19(13)25(33)35-6)21(29)18-20(15-7-9-16(10-8-15)24(32)34-5)28(12-11-27(3)4)23(31)22(18)30/h7-10,20,26,29H,11-12H2,1-6H3/b21-18+/t20-/m1/s1. The van der Waals surface area contributed by atoms with Crippen LogP contribution in [0.1, 0.15) is 49.3 Å². The van der Waals surface area contributed by atoms with E-state index in [1.54, 1.807) is 26.0 Å². The summed E-state index contributed by atoms with van der Waals surface area (Å²) in [5.41, 5.74) is 1.99. The van der Waals surface area contributed by atoms with E-state index in [0.717, 1.165) is 0 Å². The summed E-state index contributed by atoms with van der Waals surface area (Å²) in [6, 6.07) is 5.42. The number of Topliss-reactive ketones (excluding diaryl/α,β-unsaturated/α-hetero) is 1. The number of hydrogen-bond donors (Lipinski definition) is 2. The molecule has 0 unspecified atom stereocenters. The van der Waals surface area contributed by atoms with Gasteiger partial charge in [-0.1, -0.05) is 12.1 Å². The molecule has 1 saturated heterocycles. The average molecular weight is 484 g/mol. The molecule has 1 fully saturated rings. The molecule has 35 heavy (non-hydrogen) atoms. The molecule has 0 radical (unpaired) electrons. The van der Waals surface area contributed by atoms with E-state index in [0.29, 0.717) is 28.9 Å². The number of ketones is 1. The highest BCUT2D eigenvalue weighted by molar-refractivity contribution is 6.46. The fourth-order valence-electron chi connectivity index (χ4n) is 4.23. The first kappa shape index (κ1) is 25.7. The van der Waals surface area contributed by atoms with Gasteiger partial charge >= 0.3 is 11.9 Å². The lowest BCUT2D eigenvalue weighted by molar-refractivity contribution is -0.140. The normalized spacial score (nSPS) is 17.2. The molecule has 1 aromatic heterocycles. The molecule has 1 aliphatic heterocycles. The van der Waals surface area contributed by atoms with Gasteiger partial charge in [0, 0.05) is 24.3 Å². The Bertz CT molecular complexity index is 1210. The Labute approximate surface area is 203 Å². The predicted molar refractivity (Wildman–Crippen MR) is 127 cm³/mol. The van der Waals surface area contributed by atoms with Crippen LogP contribution in [-0.4, -0.2) is 84.9 Å². The van der Waals surface area contributed by atoms with Crippen molar-refractivity contribution >= 4 is 29.4 Å². The molecule has 1 amide bonds. The van der Waals surface area contributed by atoms with Gasteiger partial charge in [-0.15, -0.1) is 0 Å². The molecule has 1 atom stereocenters. The molecule has 2 heterocycles. The minimum absolute atomic E-state index is 0.0961. The van der Waals surface area contributed by atoms with Crippen LogP contribution in [0.25, 0.3) is 5.76 Å². The number of aromatic amines is 1. The fraction of sp³-hybridized carbons (Fsp3) is 0.360. The van der Waals surface area contributed by atoms with E-state index in [1.807, 2.05) is 19.0 Å². The minimum atomic E-state index is -0.892. The number of hydrogen-bond acceptors (Lipinski definition) is 8. The van der Waals surface area contributed by atoms with Crippen LogP contribution in [0, 0.1) is 13.8 Å². The number of aliphatic hydroxyl groups is 1. The number of carbonyl (C=O) groups excluding carboxylic acids is 4. The number of aryl methyl sites for hydroxylation is 1. The molecule has 2 aromatic rings. The number of aliphatic hydroxyl groups excluding tert-OH is 1. The van der Waals surface area contributed by atoms with E-state index in [-0.39, 0.29) is 29.1 Å². The molecule has 2 N–H and O–H groups in total. The zero-order valence-corrected chi connectivity index (χ0v) is 20.6. The van der Waals surface area contributed by atoms with Crippen molar-refractivity contribution in [1.29, 1.82) is 0 Å². The van der Waals surface area contributed by atoms with Gasteiger partial charge in [-0.3, -0.25) is 9.59 Å². The Balaban J connectivity index is 2.21. The van der Waals surface area contributed by atoms with Gasteiger partial charge in [0.1, 0.15) is 11.5 Å². The molecule has 1 aliphatic rings. The fourth-order valence-corrected chi connectivity index (χ4v) is 4.23. The summed E-state index contributed by atoms with van der Waals surface area (Å²) < 4.78 is 9.53. The number of H-pyrrole nitrogens is 1. The van der Waals surface area contributed by atoms with Gasteiger partial charge < -0.3 is 29.4 Å². The smallest absolute Gasteiger partial charge is 0.354 e. The highest BCUT2D eigenvalue weighted by Crippen LogP contribution is 2.40. The maximum absolute atomic E-state index is 13.2. The maximum atomic E-state index is 13.2. The van der Waals surface area contributed by atoms with Gasteiger partial charge in [-0.2, -0.15) is 0 Å². The number of nitrogens with zero attached hydrogens (tertiary/aromatic N) is 2. The number of amides is 1. The third-order valence-electron chi connectivity index (χ3n) is 6.04. The molecule has 0 aliphatic carbocycles. The zero-order valence-electron chi connectivity index (χ0n) is 20.6. The summed E-state index contributed by atoms with van der Waals surface area (Å²) in [5.74, 6) is -3.10. The average Bonchev–Trinajstić information content (AvgIpc) is 3.28. The highest BCUT2D eigenvalue weighted by atomic mass is 16.5. The first-order chi connectivity index (χ1) is 16.5. The Morgan fingerprint density at radius 1 is 1.06 bits per heavy atom. The van der Waals surface area contributed by atoms with Crippen molar-refractivity contribution in [1.82, 2.24) is 14.8 Å². The van der Waals surface area contributed by atoms with Crippen LogP contribution in [-0.2, 0) is 19.1 Å². The van der Waals surface area contributed by atoms with Crippen LogP contribution in [0.15, 0.2) is 29.8 Å². The van der Waals surface area contributed by atoms with E-state index in [9.17, 15) is 24.3 Å². The van der Waals surface area contributed by atoms with Crippen LogP contribution in [0.2, 0.25) is 0 Å². The summed E-state index contributed by atoms with van der Waals surface area (Å²) in [4.78, 5) is 56.4. The predicted octanol–water partition coefficient (Wildman–Crippen LogP) is 2.19. The van der Waals surface area contributed by atoms with Crippen molar-refractivity contribution in [2.75, 3.05) is 41.4 Å². The molecule has 0 saturated carbocycles. The largest absolute Gasteiger partial charge is 0.507 e. The maximum Gasteiger partial charge on any atom is 0.354 e. The monoisotopic (exact) mass is 483 g/mol. The number of carbonyl (C=O) groups is 4. The van der Waals surface area contributed by atoms with Crippen LogP contribution in [0.5, 0.6) is 0 Å². The topological polar surface area (TPSA) is 129 Å².